The molecule has 2 atom stereocenters. The van der Waals surface area contributed by atoms with Crippen LogP contribution in [0.5, 0.6) is 23.0 Å². The quantitative estimate of drug-likeness (QED) is 0.0586. The van der Waals surface area contributed by atoms with E-state index in [-0.39, 0.29) is 28.8 Å². The number of methoxy groups -OCH3 is 2. The van der Waals surface area contributed by atoms with Crippen LogP contribution in [0.15, 0.2) is 48.6 Å². The fraction of sp³-hybridized carbons (Fsp3) is 0.290. The van der Waals surface area contributed by atoms with Gasteiger partial charge in [-0.15, -0.1) is 0 Å². The third-order valence-corrected chi connectivity index (χ3v) is 6.80. The van der Waals surface area contributed by atoms with Crippen LogP contribution in [-0.4, -0.2) is 100 Å². The van der Waals surface area contributed by atoms with Crippen molar-refractivity contribution in [1.29, 1.82) is 0 Å². The Morgan fingerprint density at radius 3 is 1.77 bits per heavy atom. The number of hydrogen-bond acceptors (Lipinski definition) is 12. The number of carbonyl (C=O) groups is 6. The van der Waals surface area contributed by atoms with Crippen molar-refractivity contribution < 1.29 is 58.7 Å². The van der Waals surface area contributed by atoms with Crippen LogP contribution in [0.25, 0.3) is 12.2 Å². The number of carboxylic acid groups (broad SMARTS) is 2. The molecule has 252 valence electrons. The standard InChI is InChI=1S/C31H35N3O12S/c1-45-25-13-17(3-8-21(25)35)5-10-23(37)29(24(38)11-6-18-4-9-22(36)26(14-18)46-2)34-19(31(43)44)7-12-27(39)33-20(16-47)30(42)32-15-28(40)41/h3-6,8-11,13-14,19-20,29,34-36,47H,7,12,15-16H2,1-2H3,(H,32,42)(H,33,39)(H,40,41)(H,43,44)/b10-5+,11-6+/t19-,20-/m0/s1. The number of carboxylic acids is 2. The summed E-state index contributed by atoms with van der Waals surface area (Å²) in [6, 6.07) is 3.96. The zero-order valence-electron chi connectivity index (χ0n) is 25.3. The molecular formula is C31H35N3O12S. The summed E-state index contributed by atoms with van der Waals surface area (Å²) in [5, 5.41) is 45.2. The van der Waals surface area contributed by atoms with Crippen LogP contribution in [0.3, 0.4) is 0 Å². The summed E-state index contributed by atoms with van der Waals surface area (Å²) in [6.07, 6.45) is 3.87. The molecule has 0 unspecified atom stereocenters. The van der Waals surface area contributed by atoms with Crippen molar-refractivity contribution >= 4 is 60.1 Å². The molecule has 0 aliphatic carbocycles. The van der Waals surface area contributed by atoms with Gasteiger partial charge in [0.15, 0.2) is 34.6 Å². The van der Waals surface area contributed by atoms with Crippen LogP contribution in [-0.2, 0) is 28.8 Å². The van der Waals surface area contributed by atoms with Gasteiger partial charge in [-0.1, -0.05) is 24.3 Å². The molecule has 0 saturated carbocycles. The van der Waals surface area contributed by atoms with Gasteiger partial charge >= 0.3 is 11.9 Å². The Morgan fingerprint density at radius 1 is 0.830 bits per heavy atom. The van der Waals surface area contributed by atoms with Crippen molar-refractivity contribution in [1.82, 2.24) is 16.0 Å². The number of benzene rings is 2. The van der Waals surface area contributed by atoms with Gasteiger partial charge < -0.3 is 40.5 Å². The Hall–Kier alpha value is -5.35. The second kappa shape index (κ2) is 18.6. The van der Waals surface area contributed by atoms with E-state index in [2.05, 4.69) is 28.6 Å². The minimum Gasteiger partial charge on any atom is -0.504 e. The number of carbonyl (C=O) groups excluding carboxylic acids is 4. The molecule has 0 spiro atoms. The minimum absolute atomic E-state index is 0.126. The van der Waals surface area contributed by atoms with Gasteiger partial charge in [-0.05, 0) is 54.0 Å². The van der Waals surface area contributed by atoms with Gasteiger partial charge in [0.1, 0.15) is 24.7 Å². The number of aliphatic carboxylic acids is 2. The highest BCUT2D eigenvalue weighted by atomic mass is 32.1. The smallest absolute Gasteiger partial charge is 0.322 e. The molecule has 0 aliphatic rings. The summed E-state index contributed by atoms with van der Waals surface area (Å²) < 4.78 is 10.1. The van der Waals surface area contributed by atoms with Gasteiger partial charge in [-0.3, -0.25) is 34.1 Å². The van der Waals surface area contributed by atoms with Crippen molar-refractivity contribution in [3.8, 4) is 23.0 Å². The maximum absolute atomic E-state index is 13.3. The lowest BCUT2D eigenvalue weighted by atomic mass is 10.0. The van der Waals surface area contributed by atoms with E-state index < -0.39 is 72.8 Å². The number of amides is 2. The molecule has 7 N–H and O–H groups in total. The molecule has 0 radical (unpaired) electrons. The number of ether oxygens (including phenoxy) is 2. The highest BCUT2D eigenvalue weighted by Gasteiger charge is 2.30. The lowest BCUT2D eigenvalue weighted by molar-refractivity contribution is -0.140. The second-order valence-corrected chi connectivity index (χ2v) is 10.1. The van der Waals surface area contributed by atoms with Gasteiger partial charge in [-0.25, -0.2) is 0 Å². The van der Waals surface area contributed by atoms with Crippen molar-refractivity contribution in [2.24, 2.45) is 0 Å². The highest BCUT2D eigenvalue weighted by Crippen LogP contribution is 2.27. The van der Waals surface area contributed by atoms with E-state index in [9.17, 15) is 44.1 Å². The number of hydrogen-bond donors (Lipinski definition) is 8. The number of thiol groups is 1. The van der Waals surface area contributed by atoms with E-state index in [0.717, 1.165) is 12.2 Å². The molecular weight excluding hydrogens is 638 g/mol. The summed E-state index contributed by atoms with van der Waals surface area (Å²) in [5.41, 5.74) is 0.840. The molecule has 15 nitrogen and oxygen atoms in total. The van der Waals surface area contributed by atoms with Gasteiger partial charge in [0.05, 0.1) is 14.2 Å². The van der Waals surface area contributed by atoms with Gasteiger partial charge in [0, 0.05) is 12.2 Å². The van der Waals surface area contributed by atoms with Crippen molar-refractivity contribution in [3.05, 3.63) is 59.7 Å². The molecule has 0 fully saturated rings. The summed E-state index contributed by atoms with van der Waals surface area (Å²) in [4.78, 5) is 74.1. The first-order chi connectivity index (χ1) is 22.3. The Balaban J connectivity index is 2.28. The molecule has 0 bridgehead atoms. The Morgan fingerprint density at radius 2 is 1.34 bits per heavy atom. The molecule has 2 amide bonds. The Kier molecular flexibility index (Phi) is 15.0. The summed E-state index contributed by atoms with van der Waals surface area (Å²) in [7, 11) is 2.67. The number of aromatic hydroxyl groups is 2. The molecule has 2 aromatic rings. The maximum Gasteiger partial charge on any atom is 0.322 e. The molecule has 0 heterocycles. The first-order valence-electron chi connectivity index (χ1n) is 13.9. The zero-order chi connectivity index (χ0) is 35.1. The average molecular weight is 674 g/mol. The highest BCUT2D eigenvalue weighted by molar-refractivity contribution is 7.80. The SMILES string of the molecule is COc1cc(/C=C/C(=O)C(N[C@@H](CCC(=O)N[C@@H](CS)C(=O)NCC(=O)O)C(=O)O)C(=O)/C=C/c2ccc(O)c(OC)c2)ccc1O. The minimum atomic E-state index is -1.73. The third-order valence-electron chi connectivity index (χ3n) is 6.43. The van der Waals surface area contributed by atoms with Crippen LogP contribution in [0, 0.1) is 0 Å². The molecule has 47 heavy (non-hydrogen) atoms. The van der Waals surface area contributed by atoms with Crippen LogP contribution >= 0.6 is 12.6 Å². The second-order valence-electron chi connectivity index (χ2n) is 9.78. The van der Waals surface area contributed by atoms with Gasteiger partial charge in [0.25, 0.3) is 0 Å². The fourth-order valence-corrected chi connectivity index (χ4v) is 4.21. The third kappa shape index (κ3) is 12.2. The predicted octanol–water partition coefficient (Wildman–Crippen LogP) is 0.787. The van der Waals surface area contributed by atoms with Crippen molar-refractivity contribution in [2.45, 2.75) is 31.0 Å². The Bertz CT molecular complexity index is 1470. The van der Waals surface area contributed by atoms with E-state index in [1.807, 2.05) is 0 Å². The largest absolute Gasteiger partial charge is 0.504 e. The number of ketones is 2. The number of nitrogens with one attached hydrogen (secondary N) is 3. The first-order valence-corrected chi connectivity index (χ1v) is 14.5. The number of phenols is 2. The number of phenolic OH excluding ortho intramolecular Hbond substituents is 2. The summed E-state index contributed by atoms with van der Waals surface area (Å²) in [6.45, 7) is -0.684. The van der Waals surface area contributed by atoms with Crippen molar-refractivity contribution in [3.63, 3.8) is 0 Å². The van der Waals surface area contributed by atoms with E-state index in [0.29, 0.717) is 11.1 Å². The normalized spacial score (nSPS) is 12.4. The monoisotopic (exact) mass is 673 g/mol. The molecule has 2 rings (SSSR count). The van der Waals surface area contributed by atoms with E-state index in [1.54, 1.807) is 0 Å². The fourth-order valence-electron chi connectivity index (χ4n) is 3.95. The van der Waals surface area contributed by atoms with Crippen LogP contribution in [0.2, 0.25) is 0 Å². The van der Waals surface area contributed by atoms with E-state index in [4.69, 9.17) is 14.6 Å². The summed E-state index contributed by atoms with van der Waals surface area (Å²) in [5.74, 6) is -6.24. The van der Waals surface area contributed by atoms with Crippen LogP contribution in [0.4, 0.5) is 0 Å². The van der Waals surface area contributed by atoms with Crippen LogP contribution in [0.1, 0.15) is 24.0 Å². The van der Waals surface area contributed by atoms with Gasteiger partial charge in [0.2, 0.25) is 11.8 Å². The van der Waals surface area contributed by atoms with E-state index >= 15 is 0 Å². The molecule has 0 aromatic heterocycles. The summed E-state index contributed by atoms with van der Waals surface area (Å²) >= 11 is 3.97. The predicted molar refractivity (Wildman–Crippen MR) is 171 cm³/mol. The maximum atomic E-state index is 13.3. The zero-order valence-corrected chi connectivity index (χ0v) is 26.2. The molecule has 0 aliphatic heterocycles. The first kappa shape index (κ1) is 37.8. The lowest BCUT2D eigenvalue weighted by Gasteiger charge is -2.20. The van der Waals surface area contributed by atoms with Crippen LogP contribution < -0.4 is 25.4 Å². The van der Waals surface area contributed by atoms with Crippen molar-refractivity contribution in [2.75, 3.05) is 26.5 Å². The molecule has 16 heteroatoms. The average Bonchev–Trinajstić information content (AvgIpc) is 3.04. The molecule has 2 aromatic carbocycles. The van der Waals surface area contributed by atoms with Gasteiger partial charge in [-0.2, -0.15) is 12.6 Å². The number of rotatable bonds is 19. The van der Waals surface area contributed by atoms with E-state index in [1.165, 1.54) is 62.8 Å². The Labute approximate surface area is 274 Å². The lowest BCUT2D eigenvalue weighted by Crippen LogP contribution is -2.51. The topological polar surface area (TPSA) is 238 Å². The molecule has 0 saturated heterocycles.